The monoisotopic (exact) mass is 360 g/mol. The van der Waals surface area contributed by atoms with Gasteiger partial charge in [-0.05, 0) is 18.9 Å². The average Bonchev–Trinajstić information content (AvgIpc) is 3.35. The summed E-state index contributed by atoms with van der Waals surface area (Å²) >= 11 is 0. The molecule has 9 nitrogen and oxygen atoms in total. The van der Waals surface area contributed by atoms with Gasteiger partial charge in [-0.1, -0.05) is 19.3 Å². The van der Waals surface area contributed by atoms with Crippen LogP contribution in [0.5, 0.6) is 0 Å². The number of rotatable bonds is 2. The Balaban J connectivity index is 1.68. The first-order valence-electron chi connectivity index (χ1n) is 8.97. The highest BCUT2D eigenvalue weighted by atomic mass is 16.1. The van der Waals surface area contributed by atoms with Crippen molar-refractivity contribution in [1.82, 2.24) is 34.3 Å². The number of hydrogen-bond acceptors (Lipinski definition) is 6. The molecule has 0 bridgehead atoms. The van der Waals surface area contributed by atoms with Crippen LogP contribution in [0, 0.1) is 11.3 Å². The van der Waals surface area contributed by atoms with Gasteiger partial charge in [0, 0.05) is 18.3 Å². The Kier molecular flexibility index (Phi) is 3.50. The van der Waals surface area contributed by atoms with Gasteiger partial charge in [0.2, 0.25) is 0 Å². The molecule has 0 radical (unpaired) electrons. The minimum Gasteiger partial charge on any atom is -0.268 e. The van der Waals surface area contributed by atoms with Crippen molar-refractivity contribution in [2.75, 3.05) is 0 Å². The number of fused-ring (bicyclic) bond motifs is 3. The SMILES string of the molecule is N#Cc1cn[nH]c1-n1ccc2c(cnc3nc(C4CCCCC4)nn32)c1=O. The van der Waals surface area contributed by atoms with Gasteiger partial charge in [-0.25, -0.2) is 4.98 Å². The van der Waals surface area contributed by atoms with Crippen molar-refractivity contribution >= 4 is 16.7 Å². The van der Waals surface area contributed by atoms with Crippen LogP contribution in [-0.4, -0.2) is 34.3 Å². The van der Waals surface area contributed by atoms with Crippen LogP contribution in [0.1, 0.15) is 49.4 Å². The quantitative estimate of drug-likeness (QED) is 0.585. The topological polar surface area (TPSA) is 118 Å². The van der Waals surface area contributed by atoms with Gasteiger partial charge in [0.15, 0.2) is 11.6 Å². The van der Waals surface area contributed by atoms with Crippen molar-refractivity contribution < 1.29 is 0 Å². The second kappa shape index (κ2) is 6.02. The Morgan fingerprint density at radius 1 is 1.22 bits per heavy atom. The molecular formula is C18H16N8O. The standard InChI is InChI=1S/C18H16N8O/c19-8-12-9-21-23-16(12)25-7-6-14-13(17(25)27)10-20-18-22-15(24-26(14)18)11-4-2-1-3-5-11/h6-7,9-11H,1-5H2,(H,21,23). The number of nitriles is 1. The molecule has 0 atom stereocenters. The van der Waals surface area contributed by atoms with Crippen molar-refractivity contribution in [1.29, 1.82) is 5.26 Å². The molecule has 1 aliphatic rings. The molecule has 1 N–H and O–H groups in total. The Labute approximate surface area is 153 Å². The summed E-state index contributed by atoms with van der Waals surface area (Å²) in [5, 5.41) is 20.8. The van der Waals surface area contributed by atoms with Gasteiger partial charge in [-0.2, -0.15) is 19.9 Å². The first kappa shape index (κ1) is 15.7. The van der Waals surface area contributed by atoms with Crippen LogP contribution in [0.25, 0.3) is 22.5 Å². The van der Waals surface area contributed by atoms with Gasteiger partial charge < -0.3 is 0 Å². The molecule has 1 fully saturated rings. The summed E-state index contributed by atoms with van der Waals surface area (Å²) in [6.07, 6.45) is 10.4. The Bertz CT molecular complexity index is 1250. The maximum absolute atomic E-state index is 13.0. The lowest BCUT2D eigenvalue weighted by Crippen LogP contribution is -2.20. The number of nitrogens with one attached hydrogen (secondary N) is 1. The summed E-state index contributed by atoms with van der Waals surface area (Å²) in [6, 6.07) is 3.81. The lowest BCUT2D eigenvalue weighted by Gasteiger charge is -2.17. The molecule has 27 heavy (non-hydrogen) atoms. The second-order valence-electron chi connectivity index (χ2n) is 6.81. The molecule has 4 aromatic rings. The molecule has 4 aromatic heterocycles. The highest BCUT2D eigenvalue weighted by Crippen LogP contribution is 2.31. The molecule has 0 spiro atoms. The van der Waals surface area contributed by atoms with E-state index in [1.54, 1.807) is 16.8 Å². The second-order valence-corrected chi connectivity index (χ2v) is 6.81. The van der Waals surface area contributed by atoms with Gasteiger partial charge in [0.05, 0.1) is 17.1 Å². The Morgan fingerprint density at radius 2 is 2.07 bits per heavy atom. The van der Waals surface area contributed by atoms with Gasteiger partial charge in [-0.3, -0.25) is 14.5 Å². The lowest BCUT2D eigenvalue weighted by molar-refractivity contribution is 0.429. The summed E-state index contributed by atoms with van der Waals surface area (Å²) in [5.74, 6) is 2.00. The van der Waals surface area contributed by atoms with Gasteiger partial charge in [-0.15, -0.1) is 5.10 Å². The fraction of sp³-hybridized carbons (Fsp3) is 0.333. The molecule has 134 valence electrons. The smallest absolute Gasteiger partial charge is 0.267 e. The van der Waals surface area contributed by atoms with E-state index in [4.69, 9.17) is 0 Å². The summed E-state index contributed by atoms with van der Waals surface area (Å²) in [5.41, 5.74) is 0.650. The first-order chi connectivity index (χ1) is 13.3. The largest absolute Gasteiger partial charge is 0.268 e. The van der Waals surface area contributed by atoms with Crippen LogP contribution in [0.2, 0.25) is 0 Å². The Hall–Kier alpha value is -3.54. The fourth-order valence-corrected chi connectivity index (χ4v) is 3.79. The number of hydrogen-bond donors (Lipinski definition) is 1. The fourth-order valence-electron chi connectivity index (χ4n) is 3.79. The summed E-state index contributed by atoms with van der Waals surface area (Å²) in [4.78, 5) is 21.9. The minimum absolute atomic E-state index is 0.294. The molecule has 0 aliphatic heterocycles. The van der Waals surface area contributed by atoms with Gasteiger partial charge >= 0.3 is 0 Å². The molecule has 0 saturated heterocycles. The van der Waals surface area contributed by atoms with E-state index in [9.17, 15) is 10.1 Å². The average molecular weight is 360 g/mol. The Morgan fingerprint density at radius 3 is 2.89 bits per heavy atom. The van der Waals surface area contributed by atoms with E-state index in [1.807, 2.05) is 6.07 Å². The van der Waals surface area contributed by atoms with Crippen LogP contribution < -0.4 is 5.56 Å². The zero-order chi connectivity index (χ0) is 18.4. The third-order valence-corrected chi connectivity index (χ3v) is 5.20. The van der Waals surface area contributed by atoms with E-state index in [0.29, 0.717) is 34.0 Å². The number of aromatic amines is 1. The molecule has 5 rings (SSSR count). The molecule has 1 saturated carbocycles. The van der Waals surface area contributed by atoms with Crippen molar-refractivity contribution in [3.05, 3.63) is 46.4 Å². The van der Waals surface area contributed by atoms with Crippen molar-refractivity contribution in [2.24, 2.45) is 0 Å². The van der Waals surface area contributed by atoms with Crippen LogP contribution >= 0.6 is 0 Å². The third kappa shape index (κ3) is 2.41. The summed E-state index contributed by atoms with van der Waals surface area (Å²) in [7, 11) is 0. The lowest BCUT2D eigenvalue weighted by atomic mass is 9.89. The minimum atomic E-state index is -0.294. The third-order valence-electron chi connectivity index (χ3n) is 5.20. The molecule has 0 unspecified atom stereocenters. The molecule has 0 amide bonds. The number of aromatic nitrogens is 7. The number of nitrogens with zero attached hydrogens (tertiary/aromatic N) is 7. The van der Waals surface area contributed by atoms with Gasteiger partial charge in [0.25, 0.3) is 11.3 Å². The summed E-state index contributed by atoms with van der Waals surface area (Å²) < 4.78 is 3.00. The van der Waals surface area contributed by atoms with E-state index >= 15 is 0 Å². The number of pyridine rings is 1. The van der Waals surface area contributed by atoms with Gasteiger partial charge in [0.1, 0.15) is 11.6 Å². The van der Waals surface area contributed by atoms with Crippen LogP contribution in [0.3, 0.4) is 0 Å². The van der Waals surface area contributed by atoms with Crippen LogP contribution in [0.15, 0.2) is 29.5 Å². The van der Waals surface area contributed by atoms with Crippen molar-refractivity contribution in [3.63, 3.8) is 0 Å². The zero-order valence-electron chi connectivity index (χ0n) is 14.5. The predicted molar refractivity (Wildman–Crippen MR) is 96.6 cm³/mol. The molecule has 4 heterocycles. The van der Waals surface area contributed by atoms with E-state index in [-0.39, 0.29) is 5.56 Å². The van der Waals surface area contributed by atoms with E-state index in [1.165, 1.54) is 36.2 Å². The number of H-pyrrole nitrogens is 1. The molecule has 1 aliphatic carbocycles. The van der Waals surface area contributed by atoms with Crippen LogP contribution in [0.4, 0.5) is 0 Å². The van der Waals surface area contributed by atoms with Crippen molar-refractivity contribution in [2.45, 2.75) is 38.0 Å². The summed E-state index contributed by atoms with van der Waals surface area (Å²) in [6.45, 7) is 0. The predicted octanol–water partition coefficient (Wildman–Crippen LogP) is 2.07. The maximum atomic E-state index is 13.0. The van der Waals surface area contributed by atoms with E-state index in [2.05, 4.69) is 25.3 Å². The normalized spacial score (nSPS) is 15.4. The van der Waals surface area contributed by atoms with Crippen LogP contribution in [-0.2, 0) is 0 Å². The molecule has 0 aromatic carbocycles. The maximum Gasteiger partial charge on any atom is 0.267 e. The van der Waals surface area contributed by atoms with E-state index in [0.717, 1.165) is 18.7 Å². The van der Waals surface area contributed by atoms with E-state index < -0.39 is 0 Å². The zero-order valence-corrected chi connectivity index (χ0v) is 14.5. The highest BCUT2D eigenvalue weighted by Gasteiger charge is 2.21. The van der Waals surface area contributed by atoms with Crippen molar-refractivity contribution in [3.8, 4) is 11.9 Å². The molecule has 9 heteroatoms. The highest BCUT2D eigenvalue weighted by molar-refractivity contribution is 5.79. The first-order valence-corrected chi connectivity index (χ1v) is 8.97. The molecular weight excluding hydrogens is 344 g/mol.